The summed E-state index contributed by atoms with van der Waals surface area (Å²) in [7, 11) is 0. The van der Waals surface area contributed by atoms with E-state index < -0.39 is 0 Å². The molecule has 114 valence electrons. The molecule has 0 fully saturated rings. The zero-order valence-corrected chi connectivity index (χ0v) is 12.9. The number of anilines is 2. The molecule has 1 heterocycles. The zero-order chi connectivity index (χ0) is 16.1. The maximum atomic E-state index is 9.23. The molecule has 2 aromatic rings. The molecule has 1 aromatic heterocycles. The summed E-state index contributed by atoms with van der Waals surface area (Å²) in [5.74, 6) is 0.177. The van der Waals surface area contributed by atoms with Crippen LogP contribution in [0, 0.1) is 11.3 Å². The molecule has 0 aliphatic carbocycles. The van der Waals surface area contributed by atoms with E-state index >= 15 is 0 Å². The maximum Gasteiger partial charge on any atom is 0.222 e. The SMILES string of the molecule is CCN(CC)Cc1ccc(-c2nc(N)nc(N)c2C#N)cc1. The van der Waals surface area contributed by atoms with Crippen molar-refractivity contribution in [3.63, 3.8) is 0 Å². The Morgan fingerprint density at radius 3 is 2.27 bits per heavy atom. The number of rotatable bonds is 5. The van der Waals surface area contributed by atoms with Crippen molar-refractivity contribution in [3.05, 3.63) is 35.4 Å². The van der Waals surface area contributed by atoms with E-state index in [-0.39, 0.29) is 17.3 Å². The predicted molar refractivity (Wildman–Crippen MR) is 87.6 cm³/mol. The van der Waals surface area contributed by atoms with E-state index in [0.29, 0.717) is 5.69 Å². The van der Waals surface area contributed by atoms with Gasteiger partial charge in [0.15, 0.2) is 0 Å². The van der Waals surface area contributed by atoms with Crippen molar-refractivity contribution in [2.75, 3.05) is 24.6 Å². The third-order valence-corrected chi connectivity index (χ3v) is 3.59. The Labute approximate surface area is 130 Å². The molecule has 4 N–H and O–H groups in total. The average Bonchev–Trinajstić information content (AvgIpc) is 2.52. The van der Waals surface area contributed by atoms with E-state index in [4.69, 9.17) is 11.5 Å². The number of benzene rings is 1. The molecule has 6 heteroatoms. The van der Waals surface area contributed by atoms with Gasteiger partial charge in [0.25, 0.3) is 0 Å². The van der Waals surface area contributed by atoms with Gasteiger partial charge in [0.05, 0.1) is 5.69 Å². The van der Waals surface area contributed by atoms with Crippen LogP contribution in [0.4, 0.5) is 11.8 Å². The van der Waals surface area contributed by atoms with Gasteiger partial charge in [-0.05, 0) is 18.7 Å². The van der Waals surface area contributed by atoms with Crippen LogP contribution in [0.1, 0.15) is 25.0 Å². The van der Waals surface area contributed by atoms with Crippen LogP contribution in [-0.2, 0) is 6.54 Å². The molecule has 1 aromatic carbocycles. The second kappa shape index (κ2) is 6.87. The first-order valence-electron chi connectivity index (χ1n) is 7.23. The van der Waals surface area contributed by atoms with Crippen molar-refractivity contribution in [2.24, 2.45) is 0 Å². The largest absolute Gasteiger partial charge is 0.382 e. The number of nitrogens with zero attached hydrogens (tertiary/aromatic N) is 4. The Balaban J connectivity index is 2.34. The molecule has 0 radical (unpaired) electrons. The monoisotopic (exact) mass is 296 g/mol. The van der Waals surface area contributed by atoms with Gasteiger partial charge >= 0.3 is 0 Å². The first kappa shape index (κ1) is 15.7. The fourth-order valence-electron chi connectivity index (χ4n) is 2.29. The second-order valence-corrected chi connectivity index (χ2v) is 4.96. The van der Waals surface area contributed by atoms with Crippen molar-refractivity contribution in [3.8, 4) is 17.3 Å². The van der Waals surface area contributed by atoms with Crippen LogP contribution in [0.2, 0.25) is 0 Å². The van der Waals surface area contributed by atoms with Crippen LogP contribution in [0.5, 0.6) is 0 Å². The fourth-order valence-corrected chi connectivity index (χ4v) is 2.29. The van der Waals surface area contributed by atoms with Crippen LogP contribution in [0.25, 0.3) is 11.3 Å². The van der Waals surface area contributed by atoms with Crippen molar-refractivity contribution >= 4 is 11.8 Å². The average molecular weight is 296 g/mol. The highest BCUT2D eigenvalue weighted by atomic mass is 15.1. The number of aromatic nitrogens is 2. The van der Waals surface area contributed by atoms with Gasteiger partial charge in [-0.3, -0.25) is 4.90 Å². The Hall–Kier alpha value is -2.65. The molecule has 0 unspecified atom stereocenters. The van der Waals surface area contributed by atoms with Crippen LogP contribution in [0.3, 0.4) is 0 Å². The summed E-state index contributed by atoms with van der Waals surface area (Å²) in [5.41, 5.74) is 14.1. The van der Waals surface area contributed by atoms with Crippen molar-refractivity contribution < 1.29 is 0 Å². The lowest BCUT2D eigenvalue weighted by molar-refractivity contribution is 0.296. The summed E-state index contributed by atoms with van der Waals surface area (Å²) in [5, 5.41) is 9.23. The van der Waals surface area contributed by atoms with Gasteiger partial charge in [0.1, 0.15) is 17.5 Å². The van der Waals surface area contributed by atoms with E-state index in [1.807, 2.05) is 30.3 Å². The number of hydrogen-bond acceptors (Lipinski definition) is 6. The minimum atomic E-state index is 0.0683. The lowest BCUT2D eigenvalue weighted by atomic mass is 10.0. The standard InChI is InChI=1S/C16H20N6/c1-3-22(4-2)10-11-5-7-12(8-6-11)14-13(9-17)15(18)21-16(19)20-14/h5-8H,3-4,10H2,1-2H3,(H4,18,19,20,21). The van der Waals surface area contributed by atoms with Crippen LogP contribution < -0.4 is 11.5 Å². The first-order valence-corrected chi connectivity index (χ1v) is 7.23. The molecule has 6 nitrogen and oxygen atoms in total. The molecule has 0 aliphatic rings. The van der Waals surface area contributed by atoms with Crippen LogP contribution in [0.15, 0.2) is 24.3 Å². The van der Waals surface area contributed by atoms with Gasteiger partial charge in [-0.2, -0.15) is 10.2 Å². The number of nitrogens with two attached hydrogens (primary N) is 2. The molecule has 0 spiro atoms. The predicted octanol–water partition coefficient (Wildman–Crippen LogP) is 2.02. The van der Waals surface area contributed by atoms with E-state index in [0.717, 1.165) is 25.2 Å². The van der Waals surface area contributed by atoms with Crippen molar-refractivity contribution in [1.29, 1.82) is 5.26 Å². The van der Waals surface area contributed by atoms with Gasteiger partial charge in [0.2, 0.25) is 5.95 Å². The lowest BCUT2D eigenvalue weighted by Gasteiger charge is -2.18. The molecule has 0 saturated carbocycles. The molecule has 0 saturated heterocycles. The lowest BCUT2D eigenvalue weighted by Crippen LogP contribution is -2.21. The van der Waals surface area contributed by atoms with Crippen LogP contribution >= 0.6 is 0 Å². The summed E-state index contributed by atoms with van der Waals surface area (Å²) in [4.78, 5) is 10.3. The second-order valence-electron chi connectivity index (χ2n) is 4.96. The normalized spacial score (nSPS) is 10.6. The molecular formula is C16H20N6. The fraction of sp³-hybridized carbons (Fsp3) is 0.312. The molecule has 0 amide bonds. The number of nitriles is 1. The van der Waals surface area contributed by atoms with Gasteiger partial charge in [-0.15, -0.1) is 0 Å². The van der Waals surface area contributed by atoms with Crippen molar-refractivity contribution in [2.45, 2.75) is 20.4 Å². The third kappa shape index (κ3) is 3.32. The first-order chi connectivity index (χ1) is 10.6. The molecule has 0 atom stereocenters. The van der Waals surface area contributed by atoms with Gasteiger partial charge in [0, 0.05) is 12.1 Å². The molecular weight excluding hydrogens is 276 g/mol. The molecule has 0 aliphatic heterocycles. The van der Waals surface area contributed by atoms with Gasteiger partial charge in [-0.25, -0.2) is 4.98 Å². The third-order valence-electron chi connectivity index (χ3n) is 3.59. The summed E-state index contributed by atoms with van der Waals surface area (Å²) in [6.07, 6.45) is 0. The summed E-state index contributed by atoms with van der Waals surface area (Å²) in [6, 6.07) is 9.97. The highest BCUT2D eigenvalue weighted by Gasteiger charge is 2.13. The number of hydrogen-bond donors (Lipinski definition) is 2. The smallest absolute Gasteiger partial charge is 0.222 e. The summed E-state index contributed by atoms with van der Waals surface area (Å²) >= 11 is 0. The Bertz CT molecular complexity index is 683. The molecule has 2 rings (SSSR count). The highest BCUT2D eigenvalue weighted by Crippen LogP contribution is 2.25. The quantitative estimate of drug-likeness (QED) is 0.874. The van der Waals surface area contributed by atoms with Crippen molar-refractivity contribution in [1.82, 2.24) is 14.9 Å². The Morgan fingerprint density at radius 1 is 1.09 bits per heavy atom. The minimum absolute atomic E-state index is 0.0683. The van der Waals surface area contributed by atoms with Crippen LogP contribution in [-0.4, -0.2) is 28.0 Å². The highest BCUT2D eigenvalue weighted by molar-refractivity contribution is 5.73. The van der Waals surface area contributed by atoms with E-state index in [1.165, 1.54) is 5.56 Å². The van der Waals surface area contributed by atoms with E-state index in [2.05, 4.69) is 28.7 Å². The van der Waals surface area contributed by atoms with Gasteiger partial charge in [-0.1, -0.05) is 38.1 Å². The van der Waals surface area contributed by atoms with E-state index in [9.17, 15) is 5.26 Å². The Kier molecular flexibility index (Phi) is 4.92. The molecule has 22 heavy (non-hydrogen) atoms. The van der Waals surface area contributed by atoms with E-state index in [1.54, 1.807) is 0 Å². The zero-order valence-electron chi connectivity index (χ0n) is 12.9. The minimum Gasteiger partial charge on any atom is -0.382 e. The topological polar surface area (TPSA) is 105 Å². The van der Waals surface area contributed by atoms with Gasteiger partial charge < -0.3 is 11.5 Å². The summed E-state index contributed by atoms with van der Waals surface area (Å²) < 4.78 is 0. The number of nitrogen functional groups attached to an aromatic ring is 2. The molecule has 0 bridgehead atoms. The Morgan fingerprint density at radius 2 is 1.73 bits per heavy atom. The summed E-state index contributed by atoms with van der Waals surface area (Å²) in [6.45, 7) is 7.20. The maximum absolute atomic E-state index is 9.23.